The van der Waals surface area contributed by atoms with E-state index in [0.717, 1.165) is 36.7 Å². The summed E-state index contributed by atoms with van der Waals surface area (Å²) in [7, 11) is 0. The van der Waals surface area contributed by atoms with E-state index in [-0.39, 0.29) is 0 Å². The molecule has 1 saturated heterocycles. The average molecular weight is 305 g/mol. The van der Waals surface area contributed by atoms with Gasteiger partial charge in [0.1, 0.15) is 0 Å². The maximum absolute atomic E-state index is 5.87. The van der Waals surface area contributed by atoms with Crippen molar-refractivity contribution in [2.45, 2.75) is 12.6 Å². The van der Waals surface area contributed by atoms with Crippen molar-refractivity contribution in [3.63, 3.8) is 0 Å². The number of benzene rings is 1. The van der Waals surface area contributed by atoms with Gasteiger partial charge in [-0.3, -0.25) is 4.90 Å². The van der Waals surface area contributed by atoms with E-state index in [1.165, 1.54) is 5.56 Å². The topological polar surface area (TPSA) is 12.5 Å². The summed E-state index contributed by atoms with van der Waals surface area (Å²) < 4.78 is 5.47. The molecule has 0 spiro atoms. The minimum Gasteiger partial charge on any atom is -0.378 e. The van der Waals surface area contributed by atoms with Gasteiger partial charge in [0, 0.05) is 29.5 Å². The minimum atomic E-state index is 0.476. The van der Waals surface area contributed by atoms with Crippen LogP contribution in [0.2, 0.25) is 5.02 Å². The first kappa shape index (κ1) is 12.4. The molecule has 0 amide bonds. The molecule has 1 atom stereocenters. The Balaban J connectivity index is 1.99. The maximum atomic E-state index is 5.87. The Hall–Kier alpha value is -0.0900. The molecule has 1 aromatic carbocycles. The number of hydrogen-bond donors (Lipinski definition) is 0. The van der Waals surface area contributed by atoms with Crippen LogP contribution < -0.4 is 0 Å². The lowest BCUT2D eigenvalue weighted by Crippen LogP contribution is -2.45. The molecule has 1 unspecified atom stereocenters. The number of alkyl halides is 1. The summed E-state index contributed by atoms with van der Waals surface area (Å²) in [5, 5.41) is 1.75. The molecule has 1 aliphatic heterocycles. The minimum absolute atomic E-state index is 0.476. The van der Waals surface area contributed by atoms with E-state index in [4.69, 9.17) is 16.3 Å². The van der Waals surface area contributed by atoms with Crippen LogP contribution in [0.4, 0.5) is 0 Å². The fraction of sp³-hybridized carbons (Fsp3) is 0.500. The van der Waals surface area contributed by atoms with E-state index < -0.39 is 0 Å². The Kier molecular flexibility index (Phi) is 4.65. The smallest absolute Gasteiger partial charge is 0.0630 e. The number of halogens is 2. The van der Waals surface area contributed by atoms with Crippen LogP contribution in [0.3, 0.4) is 0 Å². The number of rotatable bonds is 3. The van der Waals surface area contributed by atoms with E-state index in [0.29, 0.717) is 6.04 Å². The molecule has 2 rings (SSSR count). The van der Waals surface area contributed by atoms with Crippen LogP contribution >= 0.6 is 27.5 Å². The maximum Gasteiger partial charge on any atom is 0.0630 e. The lowest BCUT2D eigenvalue weighted by atomic mass is 10.1. The zero-order chi connectivity index (χ0) is 11.4. The van der Waals surface area contributed by atoms with Crippen LogP contribution in [0, 0.1) is 0 Å². The lowest BCUT2D eigenvalue weighted by molar-refractivity contribution is -0.00212. The number of morpholine rings is 1. The standard InChI is InChI=1S/C12H15BrClNO/c13-7-12-9-16-6-5-15(12)8-10-1-3-11(14)4-2-10/h1-4,12H,5-9H2. The Morgan fingerprint density at radius 2 is 2.12 bits per heavy atom. The molecular weight excluding hydrogens is 289 g/mol. The van der Waals surface area contributed by atoms with Gasteiger partial charge >= 0.3 is 0 Å². The van der Waals surface area contributed by atoms with Crippen molar-refractivity contribution in [3.05, 3.63) is 34.9 Å². The molecule has 4 heteroatoms. The highest BCUT2D eigenvalue weighted by molar-refractivity contribution is 9.09. The zero-order valence-corrected chi connectivity index (χ0v) is 11.4. The van der Waals surface area contributed by atoms with Crippen LogP contribution in [0.15, 0.2) is 24.3 Å². The Morgan fingerprint density at radius 1 is 1.38 bits per heavy atom. The normalized spacial score (nSPS) is 22.2. The third kappa shape index (κ3) is 3.20. The van der Waals surface area contributed by atoms with Crippen LogP contribution in [-0.4, -0.2) is 36.0 Å². The fourth-order valence-electron chi connectivity index (χ4n) is 1.86. The molecule has 0 saturated carbocycles. The van der Waals surface area contributed by atoms with Crippen molar-refractivity contribution in [3.8, 4) is 0 Å². The van der Waals surface area contributed by atoms with Crippen molar-refractivity contribution in [2.75, 3.05) is 25.1 Å². The van der Waals surface area contributed by atoms with Gasteiger partial charge in [0.15, 0.2) is 0 Å². The first-order valence-electron chi connectivity index (χ1n) is 5.42. The molecule has 0 aliphatic carbocycles. The second-order valence-electron chi connectivity index (χ2n) is 3.98. The second kappa shape index (κ2) is 6.01. The van der Waals surface area contributed by atoms with Crippen LogP contribution in [0.25, 0.3) is 0 Å². The van der Waals surface area contributed by atoms with Crippen molar-refractivity contribution >= 4 is 27.5 Å². The van der Waals surface area contributed by atoms with Gasteiger partial charge in [-0.25, -0.2) is 0 Å². The summed E-state index contributed by atoms with van der Waals surface area (Å²) in [5.41, 5.74) is 1.30. The summed E-state index contributed by atoms with van der Waals surface area (Å²) >= 11 is 9.40. The number of hydrogen-bond acceptors (Lipinski definition) is 2. The van der Waals surface area contributed by atoms with Crippen molar-refractivity contribution in [1.82, 2.24) is 4.90 Å². The highest BCUT2D eigenvalue weighted by Crippen LogP contribution is 2.16. The lowest BCUT2D eigenvalue weighted by Gasteiger charge is -2.34. The van der Waals surface area contributed by atoms with Crippen LogP contribution in [0.5, 0.6) is 0 Å². The van der Waals surface area contributed by atoms with Gasteiger partial charge in [0.2, 0.25) is 0 Å². The van der Waals surface area contributed by atoms with Crippen molar-refractivity contribution in [2.24, 2.45) is 0 Å². The molecule has 88 valence electrons. The average Bonchev–Trinajstić information content (AvgIpc) is 2.33. The molecule has 0 aromatic heterocycles. The molecule has 2 nitrogen and oxygen atoms in total. The van der Waals surface area contributed by atoms with Gasteiger partial charge in [-0.2, -0.15) is 0 Å². The molecule has 0 N–H and O–H groups in total. The Labute approximate surface area is 110 Å². The first-order valence-corrected chi connectivity index (χ1v) is 6.92. The molecule has 0 bridgehead atoms. The van der Waals surface area contributed by atoms with Gasteiger partial charge in [0.05, 0.1) is 13.2 Å². The van der Waals surface area contributed by atoms with Gasteiger partial charge in [-0.15, -0.1) is 0 Å². The van der Waals surface area contributed by atoms with E-state index in [1.54, 1.807) is 0 Å². The molecule has 1 heterocycles. The number of nitrogens with zero attached hydrogens (tertiary/aromatic N) is 1. The van der Waals surface area contributed by atoms with Crippen LogP contribution in [-0.2, 0) is 11.3 Å². The first-order chi connectivity index (χ1) is 7.79. The largest absolute Gasteiger partial charge is 0.378 e. The molecule has 1 aromatic rings. The van der Waals surface area contributed by atoms with Crippen molar-refractivity contribution < 1.29 is 4.74 Å². The van der Waals surface area contributed by atoms with E-state index >= 15 is 0 Å². The van der Waals surface area contributed by atoms with Gasteiger partial charge in [-0.1, -0.05) is 39.7 Å². The van der Waals surface area contributed by atoms with Crippen LogP contribution in [0.1, 0.15) is 5.56 Å². The highest BCUT2D eigenvalue weighted by atomic mass is 79.9. The van der Waals surface area contributed by atoms with Gasteiger partial charge in [0.25, 0.3) is 0 Å². The fourth-order valence-corrected chi connectivity index (χ4v) is 2.59. The molecule has 1 aliphatic rings. The SMILES string of the molecule is Clc1ccc(CN2CCOCC2CBr)cc1. The predicted octanol–water partition coefficient (Wildman–Crippen LogP) is 2.94. The van der Waals surface area contributed by atoms with Gasteiger partial charge in [-0.05, 0) is 17.7 Å². The Morgan fingerprint density at radius 3 is 2.81 bits per heavy atom. The second-order valence-corrected chi connectivity index (χ2v) is 5.06. The summed E-state index contributed by atoms with van der Waals surface area (Å²) in [6.07, 6.45) is 0. The monoisotopic (exact) mass is 303 g/mol. The summed E-state index contributed by atoms with van der Waals surface area (Å²) in [6.45, 7) is 3.62. The van der Waals surface area contributed by atoms with E-state index in [1.807, 2.05) is 12.1 Å². The van der Waals surface area contributed by atoms with Gasteiger partial charge < -0.3 is 4.74 Å². The summed E-state index contributed by atoms with van der Waals surface area (Å²) in [4.78, 5) is 2.45. The number of ether oxygens (including phenoxy) is 1. The Bertz CT molecular complexity index is 330. The highest BCUT2D eigenvalue weighted by Gasteiger charge is 2.21. The quantitative estimate of drug-likeness (QED) is 0.796. The third-order valence-electron chi connectivity index (χ3n) is 2.83. The summed E-state index contributed by atoms with van der Waals surface area (Å²) in [6, 6.07) is 8.54. The predicted molar refractivity (Wildman–Crippen MR) is 70.3 cm³/mol. The zero-order valence-electron chi connectivity index (χ0n) is 9.03. The summed E-state index contributed by atoms with van der Waals surface area (Å²) in [5.74, 6) is 0. The van der Waals surface area contributed by atoms with E-state index in [2.05, 4.69) is 33.0 Å². The van der Waals surface area contributed by atoms with E-state index in [9.17, 15) is 0 Å². The molecule has 16 heavy (non-hydrogen) atoms. The molecule has 0 radical (unpaired) electrons. The third-order valence-corrected chi connectivity index (χ3v) is 3.83. The molecular formula is C12H15BrClNO. The molecule has 1 fully saturated rings. The van der Waals surface area contributed by atoms with Crippen molar-refractivity contribution in [1.29, 1.82) is 0 Å².